The van der Waals surface area contributed by atoms with Gasteiger partial charge in [-0.2, -0.15) is 0 Å². The Morgan fingerprint density at radius 2 is 1.91 bits per heavy atom. The predicted molar refractivity (Wildman–Crippen MR) is 124 cm³/mol. The van der Waals surface area contributed by atoms with E-state index in [1.165, 1.54) is 6.42 Å². The molecule has 0 bridgehead atoms. The number of imidazole rings is 1. The van der Waals surface area contributed by atoms with Gasteiger partial charge in [-0.3, -0.25) is 9.36 Å². The molecular formula is C23H24ClN7O. The van der Waals surface area contributed by atoms with Crippen molar-refractivity contribution in [1.29, 1.82) is 0 Å². The van der Waals surface area contributed by atoms with Crippen LogP contribution in [-0.4, -0.2) is 36.0 Å². The Morgan fingerprint density at radius 3 is 2.78 bits per heavy atom. The van der Waals surface area contributed by atoms with Crippen LogP contribution in [0.1, 0.15) is 62.9 Å². The first kappa shape index (κ1) is 19.7. The molecule has 4 heterocycles. The zero-order chi connectivity index (χ0) is 21.7. The third-order valence-electron chi connectivity index (χ3n) is 6.87. The average molecular weight is 450 g/mol. The summed E-state index contributed by atoms with van der Waals surface area (Å²) in [5.74, 6) is 1.63. The summed E-state index contributed by atoms with van der Waals surface area (Å²) in [5.41, 5.74) is 2.09. The van der Waals surface area contributed by atoms with Crippen molar-refractivity contribution in [2.24, 2.45) is 0 Å². The topological polar surface area (TPSA) is 92.6 Å². The lowest BCUT2D eigenvalue weighted by Gasteiger charge is -2.32. The summed E-state index contributed by atoms with van der Waals surface area (Å²) in [6, 6.07) is 5.62. The van der Waals surface area contributed by atoms with Gasteiger partial charge in [-0.15, -0.1) is 0 Å². The maximum atomic E-state index is 13.8. The standard InChI is InChI=1S/C23H24ClN7O/c24-15-8-4-9-16-18(15)23(32)31(14-6-2-1-3-7-14)21(29-16)17-10-5-11-30(17)22-19-20(26-12-25-19)27-13-28-22/h4,8-9,12-14,17H,1-3,5-7,10-11H2,(H,25,26,27,28). The molecule has 1 unspecified atom stereocenters. The molecule has 1 aromatic carbocycles. The Kier molecular flexibility index (Phi) is 4.82. The number of nitrogens with zero attached hydrogens (tertiary/aromatic N) is 6. The lowest BCUT2D eigenvalue weighted by Crippen LogP contribution is -2.35. The Balaban J connectivity index is 1.56. The quantitative estimate of drug-likeness (QED) is 0.492. The van der Waals surface area contributed by atoms with E-state index in [0.29, 0.717) is 21.6 Å². The maximum absolute atomic E-state index is 13.8. The normalized spacial score (nSPS) is 19.9. The van der Waals surface area contributed by atoms with E-state index in [0.717, 1.165) is 62.2 Å². The predicted octanol–water partition coefficient (Wildman–Crippen LogP) is 4.56. The molecule has 6 rings (SSSR count). The molecule has 0 amide bonds. The zero-order valence-corrected chi connectivity index (χ0v) is 18.4. The van der Waals surface area contributed by atoms with Crippen molar-refractivity contribution >= 4 is 39.5 Å². The molecule has 164 valence electrons. The summed E-state index contributed by atoms with van der Waals surface area (Å²) in [4.78, 5) is 37.4. The second-order valence-corrected chi connectivity index (χ2v) is 9.13. The number of anilines is 1. The largest absolute Gasteiger partial charge is 0.345 e. The van der Waals surface area contributed by atoms with E-state index < -0.39 is 0 Å². The van der Waals surface area contributed by atoms with Gasteiger partial charge in [0.25, 0.3) is 5.56 Å². The van der Waals surface area contributed by atoms with Gasteiger partial charge >= 0.3 is 0 Å². The molecule has 1 N–H and O–H groups in total. The van der Waals surface area contributed by atoms with Crippen LogP contribution in [-0.2, 0) is 0 Å². The minimum atomic E-state index is -0.0468. The Hall–Kier alpha value is -3.00. The van der Waals surface area contributed by atoms with Crippen LogP contribution in [0.4, 0.5) is 5.82 Å². The Morgan fingerprint density at radius 1 is 1.03 bits per heavy atom. The van der Waals surface area contributed by atoms with Crippen LogP contribution in [0, 0.1) is 0 Å². The van der Waals surface area contributed by atoms with Crippen molar-refractivity contribution in [1.82, 2.24) is 29.5 Å². The Labute approximate surface area is 189 Å². The highest BCUT2D eigenvalue weighted by molar-refractivity contribution is 6.35. The SMILES string of the molecule is O=c1c2c(Cl)cccc2nc(C2CCCN2c2ncnc3nc[nH]c23)n1C1CCCCC1. The summed E-state index contributed by atoms with van der Waals surface area (Å²) in [5, 5.41) is 0.986. The molecule has 0 radical (unpaired) electrons. The lowest BCUT2D eigenvalue weighted by atomic mass is 9.94. The number of nitrogens with one attached hydrogen (secondary N) is 1. The molecule has 8 nitrogen and oxygen atoms in total. The molecule has 32 heavy (non-hydrogen) atoms. The molecule has 2 aliphatic rings. The van der Waals surface area contributed by atoms with Crippen LogP contribution in [0.5, 0.6) is 0 Å². The van der Waals surface area contributed by atoms with Gasteiger partial charge in [-0.1, -0.05) is 36.9 Å². The molecular weight excluding hydrogens is 426 g/mol. The fourth-order valence-corrected chi connectivity index (χ4v) is 5.66. The van der Waals surface area contributed by atoms with E-state index in [1.54, 1.807) is 18.7 Å². The second-order valence-electron chi connectivity index (χ2n) is 8.72. The first-order valence-corrected chi connectivity index (χ1v) is 11.7. The number of rotatable bonds is 3. The number of aromatic amines is 1. The number of aromatic nitrogens is 6. The summed E-state index contributed by atoms with van der Waals surface area (Å²) in [7, 11) is 0. The molecule has 1 atom stereocenters. The maximum Gasteiger partial charge on any atom is 0.263 e. The molecule has 1 aliphatic heterocycles. The number of hydrogen-bond acceptors (Lipinski definition) is 6. The highest BCUT2D eigenvalue weighted by Crippen LogP contribution is 2.39. The number of benzene rings is 1. The van der Waals surface area contributed by atoms with E-state index in [1.807, 2.05) is 16.7 Å². The van der Waals surface area contributed by atoms with Crippen molar-refractivity contribution in [2.45, 2.75) is 57.0 Å². The zero-order valence-electron chi connectivity index (χ0n) is 17.7. The van der Waals surface area contributed by atoms with Gasteiger partial charge in [0.2, 0.25) is 0 Å². The summed E-state index contributed by atoms with van der Waals surface area (Å²) < 4.78 is 1.96. The van der Waals surface area contributed by atoms with Gasteiger partial charge in [0.1, 0.15) is 17.7 Å². The molecule has 4 aromatic rings. The van der Waals surface area contributed by atoms with Crippen molar-refractivity contribution in [2.75, 3.05) is 11.4 Å². The minimum absolute atomic E-state index is 0.0243. The van der Waals surface area contributed by atoms with Gasteiger partial charge in [-0.05, 0) is 37.8 Å². The minimum Gasteiger partial charge on any atom is -0.345 e. The summed E-state index contributed by atoms with van der Waals surface area (Å²) >= 11 is 6.47. The average Bonchev–Trinajstić information content (AvgIpc) is 3.49. The smallest absolute Gasteiger partial charge is 0.263 e. The van der Waals surface area contributed by atoms with Gasteiger partial charge in [0, 0.05) is 12.6 Å². The summed E-state index contributed by atoms with van der Waals surface area (Å²) in [6.45, 7) is 0.837. The van der Waals surface area contributed by atoms with Crippen molar-refractivity contribution in [3.05, 3.63) is 52.1 Å². The van der Waals surface area contributed by atoms with Crippen molar-refractivity contribution in [3.63, 3.8) is 0 Å². The third-order valence-corrected chi connectivity index (χ3v) is 7.19. The van der Waals surface area contributed by atoms with E-state index >= 15 is 0 Å². The fraction of sp³-hybridized carbons (Fsp3) is 0.435. The highest BCUT2D eigenvalue weighted by atomic mass is 35.5. The number of H-pyrrole nitrogens is 1. The van der Waals surface area contributed by atoms with Gasteiger partial charge in [0.05, 0.1) is 28.3 Å². The summed E-state index contributed by atoms with van der Waals surface area (Å²) in [6.07, 6.45) is 10.6. The molecule has 3 aromatic heterocycles. The molecule has 0 spiro atoms. The third kappa shape index (κ3) is 3.08. The van der Waals surface area contributed by atoms with Gasteiger partial charge in [-0.25, -0.2) is 19.9 Å². The number of hydrogen-bond donors (Lipinski definition) is 1. The highest BCUT2D eigenvalue weighted by Gasteiger charge is 2.34. The fourth-order valence-electron chi connectivity index (χ4n) is 5.41. The van der Waals surface area contributed by atoms with Gasteiger partial charge in [0.15, 0.2) is 11.5 Å². The van der Waals surface area contributed by atoms with E-state index in [4.69, 9.17) is 16.6 Å². The number of halogens is 1. The molecule has 1 saturated heterocycles. The van der Waals surface area contributed by atoms with Crippen LogP contribution < -0.4 is 10.5 Å². The monoisotopic (exact) mass is 449 g/mol. The van der Waals surface area contributed by atoms with E-state index in [9.17, 15) is 4.79 Å². The van der Waals surface area contributed by atoms with E-state index in [2.05, 4.69) is 24.8 Å². The van der Waals surface area contributed by atoms with Crippen LogP contribution in [0.15, 0.2) is 35.6 Å². The van der Waals surface area contributed by atoms with Crippen LogP contribution in [0.3, 0.4) is 0 Å². The van der Waals surface area contributed by atoms with Crippen LogP contribution in [0.25, 0.3) is 22.1 Å². The molecule has 9 heteroatoms. The molecule has 1 saturated carbocycles. The van der Waals surface area contributed by atoms with Crippen LogP contribution in [0.2, 0.25) is 5.02 Å². The van der Waals surface area contributed by atoms with Crippen molar-refractivity contribution < 1.29 is 0 Å². The number of fused-ring (bicyclic) bond motifs is 2. The molecule has 1 aliphatic carbocycles. The van der Waals surface area contributed by atoms with Crippen molar-refractivity contribution in [3.8, 4) is 0 Å². The molecule has 2 fully saturated rings. The Bertz CT molecular complexity index is 1360. The lowest BCUT2D eigenvalue weighted by molar-refractivity contribution is 0.330. The first-order valence-electron chi connectivity index (χ1n) is 11.3. The van der Waals surface area contributed by atoms with Crippen LogP contribution >= 0.6 is 11.6 Å². The van der Waals surface area contributed by atoms with E-state index in [-0.39, 0.29) is 17.6 Å². The van der Waals surface area contributed by atoms with Gasteiger partial charge < -0.3 is 9.88 Å². The second kappa shape index (κ2) is 7.85. The first-order chi connectivity index (χ1) is 15.7.